The van der Waals surface area contributed by atoms with Crippen LogP contribution in [0.25, 0.3) is 0 Å². The van der Waals surface area contributed by atoms with Gasteiger partial charge in [-0.25, -0.2) is 0 Å². The Morgan fingerprint density at radius 3 is 2.67 bits per heavy atom. The summed E-state index contributed by atoms with van der Waals surface area (Å²) in [6.45, 7) is 3.89. The summed E-state index contributed by atoms with van der Waals surface area (Å²) in [5.74, 6) is 0. The molecule has 1 unspecified atom stereocenters. The third-order valence-electron chi connectivity index (χ3n) is 1.79. The normalized spacial score (nSPS) is 12.9. The zero-order valence-corrected chi connectivity index (χ0v) is 7.62. The van der Waals surface area contributed by atoms with Gasteiger partial charge in [0.2, 0.25) is 0 Å². The lowest BCUT2D eigenvalue weighted by molar-refractivity contribution is 0.195. The first-order chi connectivity index (χ1) is 5.72. The van der Waals surface area contributed by atoms with E-state index in [0.29, 0.717) is 6.42 Å². The van der Waals surface area contributed by atoms with Crippen LogP contribution < -0.4 is 0 Å². The number of aromatic nitrogens is 1. The highest BCUT2D eigenvalue weighted by atomic mass is 16.3. The average Bonchev–Trinajstić information content (AvgIpc) is 2.03. The first-order valence-corrected chi connectivity index (χ1v) is 4.33. The number of hydrogen-bond acceptors (Lipinski definition) is 2. The Morgan fingerprint density at radius 1 is 1.42 bits per heavy atom. The van der Waals surface area contributed by atoms with E-state index >= 15 is 0 Å². The number of rotatable bonds is 3. The number of aliphatic hydroxyl groups is 1. The fraction of sp³-hybridized carbons (Fsp3) is 0.500. The number of aryl methyl sites for hydroxylation is 1. The predicted molar refractivity (Wildman–Crippen MR) is 49.0 cm³/mol. The van der Waals surface area contributed by atoms with Crippen LogP contribution >= 0.6 is 0 Å². The molecular formula is C10H15NO. The molecule has 0 aliphatic heterocycles. The van der Waals surface area contributed by atoms with Crippen LogP contribution in [0.3, 0.4) is 0 Å². The Balaban J connectivity index is 2.72. The van der Waals surface area contributed by atoms with Gasteiger partial charge in [-0.2, -0.15) is 0 Å². The van der Waals surface area contributed by atoms with Crippen molar-refractivity contribution in [2.45, 2.75) is 32.8 Å². The Morgan fingerprint density at radius 2 is 2.08 bits per heavy atom. The molecular weight excluding hydrogens is 150 g/mol. The molecule has 2 nitrogen and oxygen atoms in total. The topological polar surface area (TPSA) is 33.1 Å². The maximum Gasteiger partial charge on any atom is 0.0553 e. The second-order valence-corrected chi connectivity index (χ2v) is 3.11. The largest absolute Gasteiger partial charge is 0.393 e. The fourth-order valence-electron chi connectivity index (χ4n) is 1.19. The smallest absolute Gasteiger partial charge is 0.0553 e. The first-order valence-electron chi connectivity index (χ1n) is 4.33. The van der Waals surface area contributed by atoms with Crippen LogP contribution in [0.2, 0.25) is 0 Å². The van der Waals surface area contributed by atoms with Crippen molar-refractivity contribution in [1.29, 1.82) is 0 Å². The standard InChI is InChI=1S/C10H15NO/c1-3-9-5-10(4-8(2)12)7-11-6-9/h5-8,12H,3-4H2,1-2H3. The highest BCUT2D eigenvalue weighted by Gasteiger charge is 1.99. The summed E-state index contributed by atoms with van der Waals surface area (Å²) in [5.41, 5.74) is 2.34. The van der Waals surface area contributed by atoms with E-state index in [-0.39, 0.29) is 6.10 Å². The summed E-state index contributed by atoms with van der Waals surface area (Å²) in [5, 5.41) is 9.14. The second-order valence-electron chi connectivity index (χ2n) is 3.11. The summed E-state index contributed by atoms with van der Waals surface area (Å²) in [7, 11) is 0. The summed E-state index contributed by atoms with van der Waals surface area (Å²) >= 11 is 0. The number of pyridine rings is 1. The van der Waals surface area contributed by atoms with Crippen LogP contribution in [0.1, 0.15) is 25.0 Å². The molecule has 1 atom stereocenters. The molecule has 1 aromatic heterocycles. The quantitative estimate of drug-likeness (QED) is 0.737. The summed E-state index contributed by atoms with van der Waals surface area (Å²) < 4.78 is 0. The molecule has 1 heterocycles. The molecule has 0 radical (unpaired) electrons. The molecule has 0 saturated heterocycles. The monoisotopic (exact) mass is 165 g/mol. The van der Waals surface area contributed by atoms with E-state index in [1.165, 1.54) is 5.56 Å². The van der Waals surface area contributed by atoms with Crippen LogP contribution in [0.5, 0.6) is 0 Å². The van der Waals surface area contributed by atoms with Crippen LogP contribution in [-0.4, -0.2) is 16.2 Å². The van der Waals surface area contributed by atoms with E-state index in [4.69, 9.17) is 5.11 Å². The molecule has 0 aliphatic carbocycles. The van der Waals surface area contributed by atoms with Crippen LogP contribution in [-0.2, 0) is 12.8 Å². The van der Waals surface area contributed by atoms with Crippen molar-refractivity contribution in [3.63, 3.8) is 0 Å². The van der Waals surface area contributed by atoms with Crippen molar-refractivity contribution in [1.82, 2.24) is 4.98 Å². The van der Waals surface area contributed by atoms with Crippen molar-refractivity contribution < 1.29 is 5.11 Å². The van der Waals surface area contributed by atoms with Gasteiger partial charge in [0.1, 0.15) is 0 Å². The molecule has 1 N–H and O–H groups in total. The van der Waals surface area contributed by atoms with E-state index in [9.17, 15) is 0 Å². The average molecular weight is 165 g/mol. The molecule has 1 rings (SSSR count). The molecule has 0 bridgehead atoms. The van der Waals surface area contributed by atoms with Gasteiger partial charge in [0, 0.05) is 12.4 Å². The molecule has 2 heteroatoms. The van der Waals surface area contributed by atoms with Gasteiger partial charge in [-0.15, -0.1) is 0 Å². The second kappa shape index (κ2) is 4.21. The van der Waals surface area contributed by atoms with Gasteiger partial charge in [0.05, 0.1) is 6.10 Å². The van der Waals surface area contributed by atoms with Gasteiger partial charge < -0.3 is 5.11 Å². The van der Waals surface area contributed by atoms with Crippen LogP contribution in [0, 0.1) is 0 Å². The molecule has 0 amide bonds. The highest BCUT2D eigenvalue weighted by Crippen LogP contribution is 2.05. The minimum Gasteiger partial charge on any atom is -0.393 e. The van der Waals surface area contributed by atoms with Crippen molar-refractivity contribution in [2.75, 3.05) is 0 Å². The number of hydrogen-bond donors (Lipinski definition) is 1. The SMILES string of the molecule is CCc1cncc(CC(C)O)c1. The highest BCUT2D eigenvalue weighted by molar-refractivity contribution is 5.18. The Bertz CT molecular complexity index is 245. The Kier molecular flexibility index (Phi) is 3.23. The van der Waals surface area contributed by atoms with Crippen LogP contribution in [0.4, 0.5) is 0 Å². The number of aliphatic hydroxyl groups excluding tert-OH is 1. The Labute approximate surface area is 73.3 Å². The van der Waals surface area contributed by atoms with Crippen LogP contribution in [0.15, 0.2) is 18.5 Å². The molecule has 0 fully saturated rings. The Hall–Kier alpha value is -0.890. The zero-order chi connectivity index (χ0) is 8.97. The van der Waals surface area contributed by atoms with Crippen molar-refractivity contribution in [3.8, 4) is 0 Å². The minimum absolute atomic E-state index is 0.279. The van der Waals surface area contributed by atoms with Gasteiger partial charge >= 0.3 is 0 Å². The van der Waals surface area contributed by atoms with E-state index < -0.39 is 0 Å². The van der Waals surface area contributed by atoms with E-state index in [1.807, 2.05) is 12.4 Å². The molecule has 0 spiro atoms. The van der Waals surface area contributed by atoms with Gasteiger partial charge in [-0.05, 0) is 30.9 Å². The van der Waals surface area contributed by atoms with Gasteiger partial charge in [0.25, 0.3) is 0 Å². The van der Waals surface area contributed by atoms with Crippen molar-refractivity contribution >= 4 is 0 Å². The van der Waals surface area contributed by atoms with E-state index in [0.717, 1.165) is 12.0 Å². The summed E-state index contributed by atoms with van der Waals surface area (Å²) in [6, 6.07) is 2.10. The summed E-state index contributed by atoms with van der Waals surface area (Å²) in [6.07, 6.45) is 5.10. The van der Waals surface area contributed by atoms with E-state index in [2.05, 4.69) is 18.0 Å². The maximum atomic E-state index is 9.14. The van der Waals surface area contributed by atoms with Gasteiger partial charge in [0.15, 0.2) is 0 Å². The van der Waals surface area contributed by atoms with Crippen molar-refractivity contribution in [3.05, 3.63) is 29.6 Å². The maximum absolute atomic E-state index is 9.14. The lowest BCUT2D eigenvalue weighted by Crippen LogP contribution is -2.04. The third kappa shape index (κ3) is 2.62. The molecule has 0 aliphatic rings. The molecule has 12 heavy (non-hydrogen) atoms. The fourth-order valence-corrected chi connectivity index (χ4v) is 1.19. The zero-order valence-electron chi connectivity index (χ0n) is 7.62. The minimum atomic E-state index is -0.279. The molecule has 0 aromatic carbocycles. The third-order valence-corrected chi connectivity index (χ3v) is 1.79. The predicted octanol–water partition coefficient (Wildman–Crippen LogP) is 1.57. The first kappa shape index (κ1) is 9.20. The lowest BCUT2D eigenvalue weighted by Gasteiger charge is -2.04. The molecule has 0 saturated carbocycles. The molecule has 1 aromatic rings. The van der Waals surface area contributed by atoms with Gasteiger partial charge in [-0.3, -0.25) is 4.98 Å². The molecule has 66 valence electrons. The summed E-state index contributed by atoms with van der Waals surface area (Å²) in [4.78, 5) is 4.10. The van der Waals surface area contributed by atoms with Gasteiger partial charge in [-0.1, -0.05) is 13.0 Å². The van der Waals surface area contributed by atoms with Crippen molar-refractivity contribution in [2.24, 2.45) is 0 Å². The lowest BCUT2D eigenvalue weighted by atomic mass is 10.1. The number of nitrogens with zero attached hydrogens (tertiary/aromatic N) is 1. The van der Waals surface area contributed by atoms with E-state index in [1.54, 1.807) is 6.92 Å².